The van der Waals surface area contributed by atoms with Crippen molar-refractivity contribution in [3.05, 3.63) is 5.01 Å². The number of aryl methyl sites for hydroxylation is 1. The second kappa shape index (κ2) is 6.67. The van der Waals surface area contributed by atoms with Crippen LogP contribution in [-0.4, -0.2) is 63.9 Å². The Labute approximate surface area is 122 Å². The van der Waals surface area contributed by atoms with Crippen molar-refractivity contribution in [2.24, 2.45) is 0 Å². The molecule has 1 aliphatic heterocycles. The molecule has 1 aromatic rings. The summed E-state index contributed by atoms with van der Waals surface area (Å²) in [4.78, 5) is 16.7. The zero-order valence-corrected chi connectivity index (χ0v) is 13.3. The molecular weight excluding hydrogens is 280 g/mol. The first-order chi connectivity index (χ1) is 9.10. The van der Waals surface area contributed by atoms with Crippen LogP contribution in [0.2, 0.25) is 0 Å². The number of thioether (sulfide) groups is 1. The van der Waals surface area contributed by atoms with E-state index in [1.54, 1.807) is 11.3 Å². The monoisotopic (exact) mass is 300 g/mol. The van der Waals surface area contributed by atoms with Crippen LogP contribution in [0.5, 0.6) is 0 Å². The van der Waals surface area contributed by atoms with Crippen LogP contribution in [0.15, 0.2) is 4.34 Å². The van der Waals surface area contributed by atoms with Gasteiger partial charge in [-0.3, -0.25) is 4.79 Å². The number of piperazine rings is 1. The Morgan fingerprint density at radius 2 is 2.05 bits per heavy atom. The zero-order chi connectivity index (χ0) is 13.8. The first-order valence-corrected chi connectivity index (χ1v) is 8.27. The van der Waals surface area contributed by atoms with Crippen LogP contribution in [0.1, 0.15) is 18.9 Å². The molecule has 0 saturated carbocycles. The zero-order valence-electron chi connectivity index (χ0n) is 11.6. The number of likely N-dealkylation sites (N-methyl/N-ethyl adjacent to an activating group) is 1. The van der Waals surface area contributed by atoms with Gasteiger partial charge in [0.05, 0.1) is 5.25 Å². The van der Waals surface area contributed by atoms with Crippen molar-refractivity contribution in [2.75, 3.05) is 32.7 Å². The molecule has 0 spiro atoms. The summed E-state index contributed by atoms with van der Waals surface area (Å²) >= 11 is 3.06. The van der Waals surface area contributed by atoms with Crippen molar-refractivity contribution in [3.8, 4) is 0 Å². The number of carbonyl (C=O) groups excluding carboxylic acids is 1. The minimum Gasteiger partial charge on any atom is -0.339 e. The normalized spacial score (nSPS) is 18.6. The molecule has 2 heterocycles. The molecule has 1 unspecified atom stereocenters. The predicted molar refractivity (Wildman–Crippen MR) is 78.7 cm³/mol. The molecule has 0 bridgehead atoms. The van der Waals surface area contributed by atoms with Gasteiger partial charge in [-0.05, 0) is 20.4 Å². The summed E-state index contributed by atoms with van der Waals surface area (Å²) in [7, 11) is 0. The summed E-state index contributed by atoms with van der Waals surface area (Å²) < 4.78 is 0.880. The third kappa shape index (κ3) is 3.90. The summed E-state index contributed by atoms with van der Waals surface area (Å²) in [5.74, 6) is 0.216. The first kappa shape index (κ1) is 14.7. The fourth-order valence-electron chi connectivity index (χ4n) is 2.07. The van der Waals surface area contributed by atoms with Gasteiger partial charge in [-0.2, -0.15) is 0 Å². The van der Waals surface area contributed by atoms with Gasteiger partial charge in [-0.1, -0.05) is 30.0 Å². The van der Waals surface area contributed by atoms with Crippen molar-refractivity contribution in [1.29, 1.82) is 0 Å². The van der Waals surface area contributed by atoms with Crippen LogP contribution in [0.3, 0.4) is 0 Å². The van der Waals surface area contributed by atoms with E-state index in [9.17, 15) is 4.79 Å². The fraction of sp³-hybridized carbons (Fsp3) is 0.750. The van der Waals surface area contributed by atoms with Crippen molar-refractivity contribution in [2.45, 2.75) is 30.4 Å². The number of rotatable bonds is 4. The Morgan fingerprint density at radius 3 is 2.58 bits per heavy atom. The predicted octanol–water partition coefficient (Wildman–Crippen LogP) is 1.49. The highest BCUT2D eigenvalue weighted by Crippen LogP contribution is 2.27. The maximum atomic E-state index is 12.3. The van der Waals surface area contributed by atoms with Crippen LogP contribution in [0, 0.1) is 6.92 Å². The van der Waals surface area contributed by atoms with Gasteiger partial charge in [-0.15, -0.1) is 10.2 Å². The highest BCUT2D eigenvalue weighted by atomic mass is 32.2. The Hall–Kier alpha value is -0.660. The highest BCUT2D eigenvalue weighted by molar-refractivity contribution is 8.02. The average molecular weight is 300 g/mol. The second-order valence-electron chi connectivity index (χ2n) is 4.61. The molecule has 19 heavy (non-hydrogen) atoms. The van der Waals surface area contributed by atoms with Gasteiger partial charge in [-0.25, -0.2) is 0 Å². The minimum atomic E-state index is -0.0828. The number of amides is 1. The van der Waals surface area contributed by atoms with Crippen molar-refractivity contribution in [1.82, 2.24) is 20.0 Å². The van der Waals surface area contributed by atoms with Gasteiger partial charge in [0.15, 0.2) is 4.34 Å². The quantitative estimate of drug-likeness (QED) is 0.789. The lowest BCUT2D eigenvalue weighted by Crippen LogP contribution is -2.50. The maximum Gasteiger partial charge on any atom is 0.235 e. The molecule has 7 heteroatoms. The van der Waals surface area contributed by atoms with Crippen LogP contribution >= 0.6 is 23.1 Å². The minimum absolute atomic E-state index is 0.0828. The molecule has 1 saturated heterocycles. The van der Waals surface area contributed by atoms with Crippen molar-refractivity contribution >= 4 is 29.0 Å². The molecule has 0 radical (unpaired) electrons. The Balaban J connectivity index is 1.85. The van der Waals surface area contributed by atoms with Gasteiger partial charge in [0.2, 0.25) is 5.91 Å². The second-order valence-corrected chi connectivity index (χ2v) is 7.38. The first-order valence-electron chi connectivity index (χ1n) is 6.58. The van der Waals surface area contributed by atoms with Gasteiger partial charge < -0.3 is 9.80 Å². The van der Waals surface area contributed by atoms with Gasteiger partial charge >= 0.3 is 0 Å². The number of hydrogen-bond acceptors (Lipinski definition) is 6. The Morgan fingerprint density at radius 1 is 1.37 bits per heavy atom. The molecule has 2 rings (SSSR count). The van der Waals surface area contributed by atoms with Gasteiger partial charge in [0, 0.05) is 26.2 Å². The van der Waals surface area contributed by atoms with E-state index in [0.29, 0.717) is 0 Å². The summed E-state index contributed by atoms with van der Waals surface area (Å²) in [6.45, 7) is 10.8. The Kier molecular flexibility index (Phi) is 5.18. The number of nitrogens with zero attached hydrogens (tertiary/aromatic N) is 4. The Bertz CT molecular complexity index is 429. The van der Waals surface area contributed by atoms with Crippen LogP contribution in [0.4, 0.5) is 0 Å². The van der Waals surface area contributed by atoms with E-state index >= 15 is 0 Å². The summed E-state index contributed by atoms with van der Waals surface area (Å²) in [6.07, 6.45) is 0. The van der Waals surface area contributed by atoms with E-state index < -0.39 is 0 Å². The van der Waals surface area contributed by atoms with E-state index in [1.165, 1.54) is 11.8 Å². The van der Waals surface area contributed by atoms with E-state index in [2.05, 4.69) is 22.0 Å². The number of aromatic nitrogens is 2. The standard InChI is InChI=1S/C12H20N4OS2/c1-4-15-5-7-16(8-6-15)11(17)9(2)18-12-14-13-10(3)19-12/h9H,4-8H2,1-3H3. The van der Waals surface area contributed by atoms with Crippen molar-refractivity contribution < 1.29 is 4.79 Å². The summed E-state index contributed by atoms with van der Waals surface area (Å²) in [5.41, 5.74) is 0. The van der Waals surface area contributed by atoms with E-state index in [4.69, 9.17) is 0 Å². The summed E-state index contributed by atoms with van der Waals surface area (Å²) in [5, 5.41) is 8.90. The molecule has 1 atom stereocenters. The molecule has 0 aromatic carbocycles. The van der Waals surface area contributed by atoms with E-state index in [0.717, 1.165) is 42.1 Å². The fourth-order valence-corrected chi connectivity index (χ4v) is 4.11. The van der Waals surface area contributed by atoms with E-state index in [1.807, 2.05) is 18.7 Å². The van der Waals surface area contributed by atoms with Crippen LogP contribution < -0.4 is 0 Å². The van der Waals surface area contributed by atoms with Crippen molar-refractivity contribution in [3.63, 3.8) is 0 Å². The molecule has 0 aliphatic carbocycles. The third-order valence-electron chi connectivity index (χ3n) is 3.26. The lowest BCUT2D eigenvalue weighted by atomic mass is 10.3. The van der Waals surface area contributed by atoms with Crippen LogP contribution in [-0.2, 0) is 4.79 Å². The lowest BCUT2D eigenvalue weighted by Gasteiger charge is -2.35. The molecule has 106 valence electrons. The average Bonchev–Trinajstić information content (AvgIpc) is 2.83. The summed E-state index contributed by atoms with van der Waals surface area (Å²) in [6, 6.07) is 0. The molecule has 0 N–H and O–H groups in total. The smallest absolute Gasteiger partial charge is 0.235 e. The number of hydrogen-bond donors (Lipinski definition) is 0. The maximum absolute atomic E-state index is 12.3. The molecule has 1 amide bonds. The third-order valence-corrected chi connectivity index (χ3v) is 5.27. The SMILES string of the molecule is CCN1CCN(C(=O)C(C)Sc2nnc(C)s2)CC1. The molecule has 5 nitrogen and oxygen atoms in total. The van der Waals surface area contributed by atoms with Crippen LogP contribution in [0.25, 0.3) is 0 Å². The largest absolute Gasteiger partial charge is 0.339 e. The topological polar surface area (TPSA) is 49.3 Å². The molecular formula is C12H20N4OS2. The van der Waals surface area contributed by atoms with Gasteiger partial charge in [0.1, 0.15) is 5.01 Å². The highest BCUT2D eigenvalue weighted by Gasteiger charge is 2.25. The molecule has 1 aromatic heterocycles. The number of carbonyl (C=O) groups is 1. The van der Waals surface area contributed by atoms with Gasteiger partial charge in [0.25, 0.3) is 0 Å². The molecule has 1 fully saturated rings. The lowest BCUT2D eigenvalue weighted by molar-refractivity contribution is -0.132. The van der Waals surface area contributed by atoms with E-state index in [-0.39, 0.29) is 11.2 Å². The molecule has 1 aliphatic rings.